The van der Waals surface area contributed by atoms with Crippen LogP contribution >= 0.6 is 0 Å². The van der Waals surface area contributed by atoms with Gasteiger partial charge in [-0.2, -0.15) is 0 Å². The Morgan fingerprint density at radius 1 is 0.202 bits per heavy atom. The molecule has 0 unspecified atom stereocenters. The van der Waals surface area contributed by atoms with E-state index in [1.807, 2.05) is 48.5 Å². The Labute approximate surface area is 554 Å². The van der Waals surface area contributed by atoms with E-state index in [0.29, 0.717) is 75.9 Å². The molecule has 470 valence electrons. The lowest BCUT2D eigenvalue weighted by atomic mass is 9.81. The minimum atomic E-state index is -0.407. The van der Waals surface area contributed by atoms with E-state index in [4.69, 9.17) is 37.9 Å². The molecule has 10 aromatic rings. The van der Waals surface area contributed by atoms with Gasteiger partial charge in [-0.3, -0.25) is 0 Å². The van der Waals surface area contributed by atoms with Gasteiger partial charge in [0.2, 0.25) is 0 Å². The predicted octanol–water partition coefficient (Wildman–Crippen LogP) is 20.9. The minimum Gasteiger partial charge on any atom is -0.490 e. The van der Waals surface area contributed by atoms with Gasteiger partial charge in [0.1, 0.15) is 98.9 Å². The van der Waals surface area contributed by atoms with Crippen LogP contribution < -0.4 is 37.9 Å². The smallest absolute Gasteiger partial charge is 0.123 e. The molecule has 0 atom stereocenters. The Bertz CT molecular complexity index is 3710. The fourth-order valence-electron chi connectivity index (χ4n) is 11.3. The summed E-state index contributed by atoms with van der Waals surface area (Å²) in [6.45, 7) is 34.2. The van der Waals surface area contributed by atoms with Crippen LogP contribution in [0.4, 0.5) is 0 Å². The second kappa shape index (κ2) is 33.0. The van der Waals surface area contributed by atoms with Gasteiger partial charge in [0, 0.05) is 34.1 Å². The highest BCUT2D eigenvalue weighted by Gasteiger charge is 2.29. The zero-order chi connectivity index (χ0) is 65.4. The second-order valence-corrected chi connectivity index (χ2v) is 22.0. The molecule has 0 aliphatic heterocycles. The Balaban J connectivity index is 1.11. The summed E-state index contributed by atoms with van der Waals surface area (Å²) in [5.41, 5.74) is 15.9. The summed E-state index contributed by atoms with van der Waals surface area (Å²) in [6, 6.07) is 75.5. The van der Waals surface area contributed by atoms with Crippen molar-refractivity contribution in [3.8, 4) is 102 Å². The van der Waals surface area contributed by atoms with Crippen molar-refractivity contribution in [3.63, 3.8) is 0 Å². The van der Waals surface area contributed by atoms with Crippen LogP contribution in [0.1, 0.15) is 45.2 Å². The number of rotatable bonds is 35. The molecule has 0 bridgehead atoms. The monoisotopic (exact) mass is 1240 g/mol. The standard InChI is InChI=1S/C86H78O8/c1-9-49-87-73-37-25-63(26-38-73)69-33-45-81(91-53-13-5)77(57-69)85(78-58-70(34-46-82(78)92-54-14-6)64-27-39-74(40-28-64)88-50-10-2)67-21-17-61(18-22-67)62-19-23-68(24-20-62)86(79-59-71(35-47-83(79)93-55-15-7)65-29-41-75(42-30-65)89-51-11-3)80-60-72(36-48-84(80)94-56-16-8)66-31-43-76(44-32-66)90-52-12-4/h9-48,57-60,85-86H,1-8,49-56H2. The largest absolute Gasteiger partial charge is 0.490 e. The topological polar surface area (TPSA) is 73.8 Å². The summed E-state index contributed by atoms with van der Waals surface area (Å²) >= 11 is 0. The number of hydrogen-bond acceptors (Lipinski definition) is 8. The quantitative estimate of drug-likeness (QED) is 0.0287. The van der Waals surface area contributed by atoms with Crippen LogP contribution in [-0.2, 0) is 0 Å². The normalized spacial score (nSPS) is 10.8. The fraction of sp³-hybridized carbons (Fsp3) is 0.116. The summed E-state index contributed by atoms with van der Waals surface area (Å²) in [6.07, 6.45) is 14.0. The Kier molecular flexibility index (Phi) is 23.0. The molecule has 0 spiro atoms. The van der Waals surface area contributed by atoms with Crippen LogP contribution in [0.25, 0.3) is 55.6 Å². The van der Waals surface area contributed by atoms with Gasteiger partial charge in [-0.15, -0.1) is 0 Å². The molecule has 0 heterocycles. The van der Waals surface area contributed by atoms with E-state index >= 15 is 0 Å². The van der Waals surface area contributed by atoms with Crippen LogP contribution in [0.5, 0.6) is 46.0 Å². The van der Waals surface area contributed by atoms with Crippen molar-refractivity contribution in [2.45, 2.75) is 11.8 Å². The molecule has 0 N–H and O–H groups in total. The lowest BCUT2D eigenvalue weighted by molar-refractivity contribution is 0.353. The Morgan fingerprint density at radius 3 is 0.574 bits per heavy atom. The molecular formula is C86H78O8. The number of ether oxygens (including phenoxy) is 8. The highest BCUT2D eigenvalue weighted by molar-refractivity contribution is 5.75. The van der Waals surface area contributed by atoms with E-state index in [0.717, 1.165) is 112 Å². The second-order valence-electron chi connectivity index (χ2n) is 22.0. The number of hydrogen-bond donors (Lipinski definition) is 0. The minimum absolute atomic E-state index is 0.300. The van der Waals surface area contributed by atoms with E-state index in [1.165, 1.54) is 0 Å². The fourth-order valence-corrected chi connectivity index (χ4v) is 11.3. The first-order valence-electron chi connectivity index (χ1n) is 31.3. The average molecular weight is 1240 g/mol. The van der Waals surface area contributed by atoms with Crippen LogP contribution in [-0.4, -0.2) is 52.9 Å². The summed E-state index contributed by atoms with van der Waals surface area (Å²) in [4.78, 5) is 0. The van der Waals surface area contributed by atoms with Gasteiger partial charge >= 0.3 is 0 Å². The maximum absolute atomic E-state index is 6.61. The van der Waals surface area contributed by atoms with Gasteiger partial charge in [-0.05, 0) is 164 Å². The third kappa shape index (κ3) is 16.3. The predicted molar refractivity (Wildman–Crippen MR) is 387 cm³/mol. The maximum atomic E-state index is 6.61. The van der Waals surface area contributed by atoms with Crippen LogP contribution in [0.15, 0.2) is 320 Å². The third-order valence-corrected chi connectivity index (χ3v) is 15.8. The van der Waals surface area contributed by atoms with Crippen molar-refractivity contribution in [1.29, 1.82) is 0 Å². The third-order valence-electron chi connectivity index (χ3n) is 15.8. The van der Waals surface area contributed by atoms with E-state index in [9.17, 15) is 0 Å². The first-order valence-corrected chi connectivity index (χ1v) is 31.3. The molecular weight excluding hydrogens is 1160 g/mol. The summed E-state index contributed by atoms with van der Waals surface area (Å²) in [5.74, 6) is 5.06. The molecule has 0 amide bonds. The zero-order valence-corrected chi connectivity index (χ0v) is 53.1. The van der Waals surface area contributed by atoms with Gasteiger partial charge in [-0.1, -0.05) is 223 Å². The maximum Gasteiger partial charge on any atom is 0.123 e. The van der Waals surface area contributed by atoms with E-state index in [2.05, 4.69) is 222 Å². The highest BCUT2D eigenvalue weighted by atomic mass is 16.5. The summed E-state index contributed by atoms with van der Waals surface area (Å²) in [7, 11) is 0. The molecule has 10 rings (SSSR count). The van der Waals surface area contributed by atoms with Gasteiger partial charge in [0.25, 0.3) is 0 Å². The zero-order valence-electron chi connectivity index (χ0n) is 53.1. The molecule has 0 fully saturated rings. The van der Waals surface area contributed by atoms with Gasteiger partial charge < -0.3 is 37.9 Å². The van der Waals surface area contributed by atoms with Crippen molar-refractivity contribution in [1.82, 2.24) is 0 Å². The van der Waals surface area contributed by atoms with Crippen LogP contribution in [0.3, 0.4) is 0 Å². The van der Waals surface area contributed by atoms with Gasteiger partial charge in [0.15, 0.2) is 0 Å². The molecule has 0 radical (unpaired) electrons. The van der Waals surface area contributed by atoms with E-state index < -0.39 is 11.8 Å². The lowest BCUT2D eigenvalue weighted by Gasteiger charge is -2.26. The molecule has 0 saturated carbocycles. The summed E-state index contributed by atoms with van der Waals surface area (Å²) in [5, 5.41) is 0. The van der Waals surface area contributed by atoms with E-state index in [1.54, 1.807) is 48.6 Å². The first kappa shape index (κ1) is 65.5. The molecule has 0 aliphatic carbocycles. The molecule has 0 aliphatic rings. The highest BCUT2D eigenvalue weighted by Crippen LogP contribution is 2.48. The number of benzene rings is 10. The SMILES string of the molecule is C=CCOc1ccc(-c2ccc(OCC=C)c(C(c3ccc(-c4ccc(C(c5cc(-c6ccc(OCC=C)cc6)ccc5OCC=C)c5cc(-c6ccc(OCC=C)cc6)ccc5OCC=C)cc4)cc3)c3cc(-c4ccc(OCC=C)cc4)ccc3OCC=C)c2)cc1. The molecule has 0 saturated heterocycles. The van der Waals surface area contributed by atoms with Crippen LogP contribution in [0, 0.1) is 0 Å². The van der Waals surface area contributed by atoms with Crippen molar-refractivity contribution >= 4 is 0 Å². The van der Waals surface area contributed by atoms with Crippen molar-refractivity contribution < 1.29 is 37.9 Å². The molecule has 8 nitrogen and oxygen atoms in total. The van der Waals surface area contributed by atoms with Crippen molar-refractivity contribution in [2.24, 2.45) is 0 Å². The van der Waals surface area contributed by atoms with E-state index in [-0.39, 0.29) is 0 Å². The lowest BCUT2D eigenvalue weighted by Crippen LogP contribution is -2.10. The average Bonchev–Trinajstić information content (AvgIpc) is 0.811. The molecule has 94 heavy (non-hydrogen) atoms. The van der Waals surface area contributed by atoms with Crippen LogP contribution in [0.2, 0.25) is 0 Å². The summed E-state index contributed by atoms with van der Waals surface area (Å²) < 4.78 is 50.0. The van der Waals surface area contributed by atoms with Gasteiger partial charge in [0.05, 0.1) is 0 Å². The Hall–Kier alpha value is -11.5. The molecule has 8 heteroatoms. The first-order chi connectivity index (χ1) is 46.3. The van der Waals surface area contributed by atoms with Crippen molar-refractivity contribution in [2.75, 3.05) is 52.9 Å². The van der Waals surface area contributed by atoms with Crippen molar-refractivity contribution in [3.05, 3.63) is 353 Å². The Morgan fingerprint density at radius 2 is 0.372 bits per heavy atom. The molecule has 10 aromatic carbocycles. The van der Waals surface area contributed by atoms with Gasteiger partial charge in [-0.25, -0.2) is 0 Å². The molecule has 0 aromatic heterocycles.